The highest BCUT2D eigenvalue weighted by atomic mass is 16.2. The highest BCUT2D eigenvalue weighted by Crippen LogP contribution is 2.28. The first-order valence-corrected chi connectivity index (χ1v) is 10.5. The lowest BCUT2D eigenvalue weighted by Gasteiger charge is -2.40. The molecule has 0 saturated carbocycles. The van der Waals surface area contributed by atoms with Gasteiger partial charge in [-0.05, 0) is 49.8 Å². The number of hydrogen-bond acceptors (Lipinski definition) is 4. The van der Waals surface area contributed by atoms with Crippen molar-refractivity contribution in [1.82, 2.24) is 19.8 Å². The molecule has 2 aliphatic rings. The van der Waals surface area contributed by atoms with Crippen LogP contribution in [-0.2, 0) is 19.3 Å². The highest BCUT2D eigenvalue weighted by molar-refractivity contribution is 5.95. The van der Waals surface area contributed by atoms with Gasteiger partial charge in [-0.15, -0.1) is 0 Å². The largest absolute Gasteiger partial charge is 0.337 e. The van der Waals surface area contributed by atoms with Gasteiger partial charge in [0.2, 0.25) is 0 Å². The maximum atomic E-state index is 13.2. The summed E-state index contributed by atoms with van der Waals surface area (Å²) in [7, 11) is 1.95. The molecule has 1 aliphatic carbocycles. The molecule has 0 N–H and O–H groups in total. The van der Waals surface area contributed by atoms with E-state index in [0.717, 1.165) is 57.3 Å². The minimum absolute atomic E-state index is 0.0607. The van der Waals surface area contributed by atoms with Crippen LogP contribution in [0.3, 0.4) is 0 Å². The van der Waals surface area contributed by atoms with E-state index >= 15 is 0 Å². The predicted molar refractivity (Wildman–Crippen MR) is 110 cm³/mol. The zero-order valence-corrected chi connectivity index (χ0v) is 17.0. The number of likely N-dealkylation sites (tertiary alicyclic amines) is 1. The lowest BCUT2D eigenvalue weighted by atomic mass is 10.00. The van der Waals surface area contributed by atoms with Crippen molar-refractivity contribution in [1.29, 1.82) is 0 Å². The summed E-state index contributed by atoms with van der Waals surface area (Å²) in [5, 5.41) is 0. The Morgan fingerprint density at radius 1 is 1.25 bits per heavy atom. The van der Waals surface area contributed by atoms with Crippen molar-refractivity contribution in [3.8, 4) is 0 Å². The van der Waals surface area contributed by atoms with E-state index in [1.165, 1.54) is 11.1 Å². The van der Waals surface area contributed by atoms with Crippen molar-refractivity contribution in [2.24, 2.45) is 0 Å². The number of nitrogens with zero attached hydrogens (tertiary/aromatic N) is 4. The van der Waals surface area contributed by atoms with Gasteiger partial charge in [-0.2, -0.15) is 0 Å². The molecule has 5 nitrogen and oxygen atoms in total. The second-order valence-corrected chi connectivity index (χ2v) is 8.17. The van der Waals surface area contributed by atoms with Crippen LogP contribution in [0.4, 0.5) is 0 Å². The van der Waals surface area contributed by atoms with Crippen molar-refractivity contribution >= 4 is 5.91 Å². The molecule has 0 spiro atoms. The van der Waals surface area contributed by atoms with Gasteiger partial charge in [0.25, 0.3) is 5.91 Å². The van der Waals surface area contributed by atoms with E-state index in [2.05, 4.69) is 46.1 Å². The Morgan fingerprint density at radius 2 is 2.00 bits per heavy atom. The van der Waals surface area contributed by atoms with Gasteiger partial charge in [0.05, 0.1) is 11.3 Å². The van der Waals surface area contributed by atoms with Crippen LogP contribution < -0.4 is 0 Å². The Morgan fingerprint density at radius 3 is 2.71 bits per heavy atom. The molecule has 1 saturated heterocycles. The second kappa shape index (κ2) is 8.39. The molecular formula is C23H30N4O. The first-order chi connectivity index (χ1) is 13.7. The molecular weight excluding hydrogens is 348 g/mol. The maximum absolute atomic E-state index is 13.2. The molecule has 148 valence electrons. The molecule has 0 bridgehead atoms. The Balaban J connectivity index is 1.44. The van der Waals surface area contributed by atoms with Gasteiger partial charge in [-0.1, -0.05) is 37.6 Å². The van der Waals surface area contributed by atoms with Gasteiger partial charge in [0.1, 0.15) is 6.33 Å². The standard InChI is InChI=1S/C23H30N4O/c1-3-7-22-21(14-24-16-25-22)23(28)26(2)19-10-6-11-27(15-19)20-12-17-8-4-5-9-18(17)13-20/h4-5,8-9,14,16,19-20H,3,6-7,10-13,15H2,1-2H3/t19-/m0/s1. The zero-order valence-electron chi connectivity index (χ0n) is 17.0. The number of hydrogen-bond donors (Lipinski definition) is 0. The van der Waals surface area contributed by atoms with Crippen LogP contribution >= 0.6 is 0 Å². The molecule has 4 rings (SSSR count). The normalized spacial score (nSPS) is 20.1. The molecule has 1 aromatic heterocycles. The van der Waals surface area contributed by atoms with Gasteiger partial charge >= 0.3 is 0 Å². The summed E-state index contributed by atoms with van der Waals surface area (Å²) in [6.07, 6.45) is 9.49. The van der Waals surface area contributed by atoms with Crippen LogP contribution in [0.5, 0.6) is 0 Å². The molecule has 5 heteroatoms. The second-order valence-electron chi connectivity index (χ2n) is 8.17. The van der Waals surface area contributed by atoms with E-state index in [1.54, 1.807) is 12.5 Å². The lowest BCUT2D eigenvalue weighted by molar-refractivity contribution is 0.0553. The van der Waals surface area contributed by atoms with Gasteiger partial charge in [0, 0.05) is 31.9 Å². The van der Waals surface area contributed by atoms with Crippen LogP contribution in [0.25, 0.3) is 0 Å². The Kier molecular flexibility index (Phi) is 5.72. The van der Waals surface area contributed by atoms with Gasteiger partial charge < -0.3 is 4.90 Å². The third-order valence-corrected chi connectivity index (χ3v) is 6.35. The number of fused-ring (bicyclic) bond motifs is 1. The first kappa shape index (κ1) is 19.1. The van der Waals surface area contributed by atoms with E-state index < -0.39 is 0 Å². The summed E-state index contributed by atoms with van der Waals surface area (Å²) >= 11 is 0. The van der Waals surface area contributed by atoms with E-state index in [4.69, 9.17) is 0 Å². The molecule has 2 heterocycles. The molecule has 28 heavy (non-hydrogen) atoms. The average Bonchev–Trinajstić information content (AvgIpc) is 3.18. The molecule has 1 amide bonds. The lowest BCUT2D eigenvalue weighted by Crippen LogP contribution is -2.52. The smallest absolute Gasteiger partial charge is 0.257 e. The minimum Gasteiger partial charge on any atom is -0.337 e. The van der Waals surface area contributed by atoms with Gasteiger partial charge in [-0.25, -0.2) is 9.97 Å². The summed E-state index contributed by atoms with van der Waals surface area (Å²) in [4.78, 5) is 26.2. The molecule has 1 atom stereocenters. The summed E-state index contributed by atoms with van der Waals surface area (Å²) in [6.45, 7) is 4.20. The number of carbonyl (C=O) groups excluding carboxylic acids is 1. The van der Waals surface area contributed by atoms with Crippen molar-refractivity contribution in [3.63, 3.8) is 0 Å². The van der Waals surface area contributed by atoms with E-state index in [0.29, 0.717) is 11.6 Å². The van der Waals surface area contributed by atoms with Crippen molar-refractivity contribution in [3.05, 3.63) is 59.2 Å². The first-order valence-electron chi connectivity index (χ1n) is 10.5. The van der Waals surface area contributed by atoms with E-state index in [9.17, 15) is 4.79 Å². The van der Waals surface area contributed by atoms with Gasteiger partial charge in [-0.3, -0.25) is 9.69 Å². The fourth-order valence-electron chi connectivity index (χ4n) is 4.75. The summed E-state index contributed by atoms with van der Waals surface area (Å²) < 4.78 is 0. The third kappa shape index (κ3) is 3.81. The highest BCUT2D eigenvalue weighted by Gasteiger charge is 2.33. The van der Waals surface area contributed by atoms with Crippen LogP contribution in [0.15, 0.2) is 36.8 Å². The van der Waals surface area contributed by atoms with Crippen molar-refractivity contribution in [2.75, 3.05) is 20.1 Å². The van der Waals surface area contributed by atoms with Crippen molar-refractivity contribution < 1.29 is 4.79 Å². The molecule has 1 aliphatic heterocycles. The number of carbonyl (C=O) groups is 1. The van der Waals surface area contributed by atoms with Gasteiger partial charge in [0.15, 0.2) is 0 Å². The summed E-state index contributed by atoms with van der Waals surface area (Å²) in [6, 6.07) is 9.62. The number of aryl methyl sites for hydroxylation is 1. The summed E-state index contributed by atoms with van der Waals surface area (Å²) in [5.74, 6) is 0.0607. The third-order valence-electron chi connectivity index (χ3n) is 6.35. The predicted octanol–water partition coefficient (Wildman–Crippen LogP) is 3.13. The molecule has 1 aromatic carbocycles. The number of amides is 1. The van der Waals surface area contributed by atoms with Crippen LogP contribution in [0.1, 0.15) is 53.4 Å². The zero-order chi connectivity index (χ0) is 19.5. The number of likely N-dealkylation sites (N-methyl/N-ethyl adjacent to an activating group) is 1. The monoisotopic (exact) mass is 378 g/mol. The maximum Gasteiger partial charge on any atom is 0.257 e. The minimum atomic E-state index is 0.0607. The summed E-state index contributed by atoms with van der Waals surface area (Å²) in [5.41, 5.74) is 4.51. The fourth-order valence-corrected chi connectivity index (χ4v) is 4.75. The molecule has 0 radical (unpaired) electrons. The Labute approximate surface area is 167 Å². The fraction of sp³-hybridized carbons (Fsp3) is 0.522. The Bertz CT molecular complexity index is 812. The SMILES string of the molecule is CCCc1ncncc1C(=O)N(C)[C@H]1CCCN(C2Cc3ccccc3C2)C1. The number of benzene rings is 1. The molecule has 2 aromatic rings. The van der Waals surface area contributed by atoms with Crippen LogP contribution in [0, 0.1) is 0 Å². The quantitative estimate of drug-likeness (QED) is 0.802. The Hall–Kier alpha value is -2.27. The van der Waals surface area contributed by atoms with Crippen LogP contribution in [0.2, 0.25) is 0 Å². The van der Waals surface area contributed by atoms with E-state index in [1.807, 2.05) is 11.9 Å². The number of rotatable bonds is 5. The van der Waals surface area contributed by atoms with Crippen LogP contribution in [-0.4, -0.2) is 57.9 Å². The molecule has 0 unspecified atom stereocenters. The molecule has 1 fully saturated rings. The van der Waals surface area contributed by atoms with E-state index in [-0.39, 0.29) is 11.9 Å². The number of piperidine rings is 1. The topological polar surface area (TPSA) is 49.3 Å². The average molecular weight is 379 g/mol. The number of aromatic nitrogens is 2. The van der Waals surface area contributed by atoms with Crippen molar-refractivity contribution in [2.45, 2.75) is 57.5 Å².